The molecule has 0 spiro atoms. The third-order valence-electron chi connectivity index (χ3n) is 0.874. The smallest absolute Gasteiger partial charge is 0.216 e. The van der Waals surface area contributed by atoms with E-state index in [0.717, 1.165) is 4.31 Å². The van der Waals surface area contributed by atoms with E-state index in [4.69, 9.17) is 5.14 Å². The first-order valence-electron chi connectivity index (χ1n) is 2.50. The maximum Gasteiger partial charge on any atom is 0.276 e. The molecule has 0 aromatic carbocycles. The molecule has 0 heterocycles. The minimum absolute atomic E-state index is 0.360. The average Bonchev–Trinajstić information content (AvgIpc) is 1.64. The molecule has 55 valence electrons. The SMILES string of the molecule is C[CH]CN(C)S(N)(=O)=O. The number of nitrogens with zero attached hydrogens (tertiary/aromatic N) is 1. The Morgan fingerprint density at radius 1 is 1.67 bits per heavy atom. The van der Waals surface area contributed by atoms with Crippen molar-refractivity contribution in [2.45, 2.75) is 6.92 Å². The van der Waals surface area contributed by atoms with Gasteiger partial charge in [-0.25, -0.2) is 5.14 Å². The second kappa shape index (κ2) is 3.14. The van der Waals surface area contributed by atoms with Crippen LogP contribution in [0.3, 0.4) is 0 Å². The number of hydrogen-bond donors (Lipinski definition) is 1. The van der Waals surface area contributed by atoms with Gasteiger partial charge in [-0.3, -0.25) is 0 Å². The molecule has 5 heteroatoms. The molecule has 2 N–H and O–H groups in total. The predicted molar refractivity (Wildman–Crippen MR) is 35.7 cm³/mol. The summed E-state index contributed by atoms with van der Waals surface area (Å²) in [5.41, 5.74) is 0. The number of hydrogen-bond acceptors (Lipinski definition) is 2. The lowest BCUT2D eigenvalue weighted by Crippen LogP contribution is -2.33. The van der Waals surface area contributed by atoms with Crippen LogP contribution in [0.15, 0.2) is 0 Å². The summed E-state index contributed by atoms with van der Waals surface area (Å²) in [6.45, 7) is 2.13. The highest BCUT2D eigenvalue weighted by molar-refractivity contribution is 7.86. The topological polar surface area (TPSA) is 63.4 Å². The van der Waals surface area contributed by atoms with Crippen molar-refractivity contribution in [1.82, 2.24) is 4.31 Å². The zero-order valence-electron chi connectivity index (χ0n) is 5.53. The molecule has 0 aromatic heterocycles. The monoisotopic (exact) mass is 151 g/mol. The average molecular weight is 151 g/mol. The second-order valence-corrected chi connectivity index (χ2v) is 3.39. The minimum atomic E-state index is -3.46. The van der Waals surface area contributed by atoms with Crippen molar-refractivity contribution in [2.75, 3.05) is 13.6 Å². The van der Waals surface area contributed by atoms with Crippen molar-refractivity contribution < 1.29 is 8.42 Å². The van der Waals surface area contributed by atoms with Crippen molar-refractivity contribution >= 4 is 10.2 Å². The standard InChI is InChI=1S/C4H11N2O2S/c1-3-4-6(2)9(5,7)8/h3H,4H2,1-2H3,(H2,5,7,8). The van der Waals surface area contributed by atoms with E-state index in [0.29, 0.717) is 6.54 Å². The molecule has 0 fully saturated rings. The van der Waals surface area contributed by atoms with Gasteiger partial charge in [-0.05, 0) is 6.42 Å². The van der Waals surface area contributed by atoms with E-state index in [9.17, 15) is 8.42 Å². The highest BCUT2D eigenvalue weighted by atomic mass is 32.2. The Morgan fingerprint density at radius 3 is 2.22 bits per heavy atom. The molecule has 0 atom stereocenters. The first-order valence-corrected chi connectivity index (χ1v) is 4.00. The van der Waals surface area contributed by atoms with Crippen LogP contribution in [-0.4, -0.2) is 26.3 Å². The summed E-state index contributed by atoms with van der Waals surface area (Å²) in [7, 11) is -2.04. The van der Waals surface area contributed by atoms with E-state index in [-0.39, 0.29) is 0 Å². The summed E-state index contributed by atoms with van der Waals surface area (Å²) < 4.78 is 21.9. The lowest BCUT2D eigenvalue weighted by atomic mass is 10.5. The van der Waals surface area contributed by atoms with Crippen molar-refractivity contribution in [3.8, 4) is 0 Å². The van der Waals surface area contributed by atoms with Gasteiger partial charge in [0.2, 0.25) is 0 Å². The first-order chi connectivity index (χ1) is 3.98. The van der Waals surface area contributed by atoms with Crippen LogP contribution in [0, 0.1) is 6.42 Å². The second-order valence-electron chi connectivity index (χ2n) is 1.73. The van der Waals surface area contributed by atoms with Crippen LogP contribution in [0.1, 0.15) is 6.92 Å². The fourth-order valence-electron chi connectivity index (χ4n) is 0.361. The summed E-state index contributed by atoms with van der Waals surface area (Å²) in [5, 5.41) is 4.74. The van der Waals surface area contributed by atoms with Crippen LogP contribution in [0.25, 0.3) is 0 Å². The maximum atomic E-state index is 10.4. The Kier molecular flexibility index (Phi) is 3.10. The molecule has 0 aliphatic carbocycles. The molecular weight excluding hydrogens is 140 g/mol. The van der Waals surface area contributed by atoms with Gasteiger partial charge in [0.25, 0.3) is 10.2 Å². The molecule has 9 heavy (non-hydrogen) atoms. The molecule has 1 radical (unpaired) electrons. The molecule has 0 saturated heterocycles. The van der Waals surface area contributed by atoms with Gasteiger partial charge in [0.15, 0.2) is 0 Å². The minimum Gasteiger partial charge on any atom is -0.216 e. The van der Waals surface area contributed by atoms with Gasteiger partial charge in [0.1, 0.15) is 0 Å². The molecule has 0 unspecified atom stereocenters. The van der Waals surface area contributed by atoms with Crippen molar-refractivity contribution in [3.63, 3.8) is 0 Å². The Hall–Kier alpha value is -0.130. The molecule has 0 rings (SSSR count). The van der Waals surface area contributed by atoms with Crippen molar-refractivity contribution in [3.05, 3.63) is 6.42 Å². The Morgan fingerprint density at radius 2 is 2.11 bits per heavy atom. The van der Waals surface area contributed by atoms with Gasteiger partial charge >= 0.3 is 0 Å². The van der Waals surface area contributed by atoms with Crippen LogP contribution in [-0.2, 0) is 10.2 Å². The van der Waals surface area contributed by atoms with E-state index in [1.54, 1.807) is 13.3 Å². The number of nitrogens with two attached hydrogens (primary N) is 1. The largest absolute Gasteiger partial charge is 0.276 e. The summed E-state index contributed by atoms with van der Waals surface area (Å²) >= 11 is 0. The first kappa shape index (κ1) is 8.87. The third kappa shape index (κ3) is 3.45. The van der Waals surface area contributed by atoms with Gasteiger partial charge in [0.05, 0.1) is 0 Å². The van der Waals surface area contributed by atoms with E-state index in [2.05, 4.69) is 0 Å². The predicted octanol–water partition coefficient (Wildman–Crippen LogP) is -0.654. The van der Waals surface area contributed by atoms with Gasteiger partial charge in [-0.1, -0.05) is 6.92 Å². The molecule has 0 bridgehead atoms. The normalized spacial score (nSPS) is 12.4. The molecule has 0 aliphatic rings. The van der Waals surface area contributed by atoms with Crippen molar-refractivity contribution in [1.29, 1.82) is 0 Å². The fourth-order valence-corrected chi connectivity index (χ4v) is 0.718. The Bertz CT molecular complexity index is 163. The van der Waals surface area contributed by atoms with Crippen molar-refractivity contribution in [2.24, 2.45) is 5.14 Å². The molecule has 0 aliphatic heterocycles. The third-order valence-corrected chi connectivity index (χ3v) is 1.89. The Balaban J connectivity index is 3.90. The highest BCUT2D eigenvalue weighted by Gasteiger charge is 2.08. The van der Waals surface area contributed by atoms with E-state index in [1.165, 1.54) is 7.05 Å². The van der Waals surface area contributed by atoms with E-state index < -0.39 is 10.2 Å². The number of rotatable bonds is 3. The van der Waals surface area contributed by atoms with Crippen LogP contribution >= 0.6 is 0 Å². The fraction of sp³-hybridized carbons (Fsp3) is 0.750. The van der Waals surface area contributed by atoms with Gasteiger partial charge in [-0.2, -0.15) is 12.7 Å². The zero-order chi connectivity index (χ0) is 7.49. The lowest BCUT2D eigenvalue weighted by Gasteiger charge is -2.10. The van der Waals surface area contributed by atoms with Crippen LogP contribution in [0.5, 0.6) is 0 Å². The van der Waals surface area contributed by atoms with E-state index >= 15 is 0 Å². The molecule has 0 aromatic rings. The van der Waals surface area contributed by atoms with Crippen LogP contribution in [0.2, 0.25) is 0 Å². The molecule has 0 saturated carbocycles. The van der Waals surface area contributed by atoms with Gasteiger partial charge in [-0.15, -0.1) is 0 Å². The van der Waals surface area contributed by atoms with Crippen LogP contribution < -0.4 is 5.14 Å². The zero-order valence-corrected chi connectivity index (χ0v) is 6.35. The summed E-state index contributed by atoms with van der Waals surface area (Å²) in [4.78, 5) is 0. The summed E-state index contributed by atoms with van der Waals surface area (Å²) in [5.74, 6) is 0. The van der Waals surface area contributed by atoms with Gasteiger partial charge < -0.3 is 0 Å². The van der Waals surface area contributed by atoms with Gasteiger partial charge in [0, 0.05) is 13.6 Å². The molecular formula is C4H11N2O2S. The quantitative estimate of drug-likeness (QED) is 0.582. The molecule has 0 amide bonds. The summed E-state index contributed by atoms with van der Waals surface area (Å²) in [6, 6.07) is 0. The Labute approximate surface area is 55.8 Å². The van der Waals surface area contributed by atoms with E-state index in [1.807, 2.05) is 0 Å². The maximum absolute atomic E-state index is 10.4. The summed E-state index contributed by atoms with van der Waals surface area (Å²) in [6.07, 6.45) is 1.71. The molecule has 4 nitrogen and oxygen atoms in total. The van der Waals surface area contributed by atoms with Crippen LogP contribution in [0.4, 0.5) is 0 Å². The lowest BCUT2D eigenvalue weighted by molar-refractivity contribution is 0.493. The highest BCUT2D eigenvalue weighted by Crippen LogP contribution is 1.88.